The molecular formula is C16H33N. The molecular weight excluding hydrogens is 206 g/mol. The molecule has 0 aromatic carbocycles. The number of unbranched alkanes of at least 4 members (excludes halogenated alkanes) is 10. The molecule has 0 aromatic rings. The van der Waals surface area contributed by atoms with Gasteiger partial charge in [-0.2, -0.15) is 0 Å². The molecule has 0 aromatic heterocycles. The lowest BCUT2D eigenvalue weighted by molar-refractivity contribution is 0.592. The minimum atomic E-state index is 0.849. The molecule has 0 saturated heterocycles. The molecule has 102 valence electrons. The van der Waals surface area contributed by atoms with Gasteiger partial charge in [0.05, 0.1) is 0 Å². The lowest BCUT2D eigenvalue weighted by Crippen LogP contribution is -1.97. The maximum absolute atomic E-state index is 5.45. The summed E-state index contributed by atoms with van der Waals surface area (Å²) in [6.07, 6.45) is 20.9. The fourth-order valence-electron chi connectivity index (χ4n) is 2.04. The smallest absolute Gasteiger partial charge is 0.00773 e. The van der Waals surface area contributed by atoms with Gasteiger partial charge in [0.1, 0.15) is 0 Å². The van der Waals surface area contributed by atoms with Crippen molar-refractivity contribution < 1.29 is 0 Å². The highest BCUT2D eigenvalue weighted by molar-refractivity contribution is 4.81. The van der Waals surface area contributed by atoms with Gasteiger partial charge in [0, 0.05) is 0 Å². The fourth-order valence-corrected chi connectivity index (χ4v) is 2.04. The Kier molecular flexibility index (Phi) is 15.4. The molecule has 0 bridgehead atoms. The molecule has 1 nitrogen and oxygen atoms in total. The number of hydrogen-bond acceptors (Lipinski definition) is 1. The normalized spacial score (nSPS) is 11.4. The van der Waals surface area contributed by atoms with Crippen LogP contribution in [0.2, 0.25) is 0 Å². The van der Waals surface area contributed by atoms with Crippen molar-refractivity contribution in [2.24, 2.45) is 5.73 Å². The molecule has 0 spiro atoms. The van der Waals surface area contributed by atoms with Crippen molar-refractivity contribution in [3.8, 4) is 0 Å². The highest BCUT2D eigenvalue weighted by Crippen LogP contribution is 2.09. The van der Waals surface area contributed by atoms with Crippen molar-refractivity contribution in [3.05, 3.63) is 12.2 Å². The molecule has 0 radical (unpaired) electrons. The summed E-state index contributed by atoms with van der Waals surface area (Å²) < 4.78 is 0. The summed E-state index contributed by atoms with van der Waals surface area (Å²) in [5.41, 5.74) is 5.45. The van der Waals surface area contributed by atoms with Crippen LogP contribution in [0.15, 0.2) is 12.2 Å². The number of allylic oxidation sites excluding steroid dienone is 2. The van der Waals surface area contributed by atoms with Gasteiger partial charge in [-0.05, 0) is 38.6 Å². The number of nitrogens with two attached hydrogens (primary N) is 1. The van der Waals surface area contributed by atoms with E-state index in [1.165, 1.54) is 77.0 Å². The first kappa shape index (κ1) is 16.7. The van der Waals surface area contributed by atoms with Crippen LogP contribution in [0.1, 0.15) is 84.0 Å². The third-order valence-electron chi connectivity index (χ3n) is 3.22. The van der Waals surface area contributed by atoms with Gasteiger partial charge in [-0.15, -0.1) is 0 Å². The van der Waals surface area contributed by atoms with E-state index in [0.717, 1.165) is 6.54 Å². The van der Waals surface area contributed by atoms with Crippen molar-refractivity contribution in [2.45, 2.75) is 84.0 Å². The van der Waals surface area contributed by atoms with Crippen molar-refractivity contribution in [3.63, 3.8) is 0 Å². The Morgan fingerprint density at radius 3 is 1.65 bits per heavy atom. The first-order valence-electron chi connectivity index (χ1n) is 7.77. The van der Waals surface area contributed by atoms with Crippen molar-refractivity contribution in [1.82, 2.24) is 0 Å². The fraction of sp³-hybridized carbons (Fsp3) is 0.875. The van der Waals surface area contributed by atoms with Crippen LogP contribution in [0.5, 0.6) is 0 Å². The van der Waals surface area contributed by atoms with E-state index in [4.69, 9.17) is 5.73 Å². The molecule has 0 aliphatic carbocycles. The second kappa shape index (κ2) is 15.7. The predicted molar refractivity (Wildman–Crippen MR) is 79.3 cm³/mol. The van der Waals surface area contributed by atoms with E-state index in [9.17, 15) is 0 Å². The maximum Gasteiger partial charge on any atom is -0.00773 e. The van der Waals surface area contributed by atoms with Gasteiger partial charge < -0.3 is 5.73 Å². The van der Waals surface area contributed by atoms with Crippen LogP contribution in [-0.4, -0.2) is 6.54 Å². The van der Waals surface area contributed by atoms with Crippen LogP contribution in [0.25, 0.3) is 0 Å². The minimum Gasteiger partial charge on any atom is -0.330 e. The zero-order valence-corrected chi connectivity index (χ0v) is 11.9. The number of hydrogen-bond donors (Lipinski definition) is 1. The minimum absolute atomic E-state index is 0.849. The van der Waals surface area contributed by atoms with Crippen LogP contribution in [-0.2, 0) is 0 Å². The van der Waals surface area contributed by atoms with Gasteiger partial charge >= 0.3 is 0 Å². The summed E-state index contributed by atoms with van der Waals surface area (Å²) in [7, 11) is 0. The van der Waals surface area contributed by atoms with Crippen molar-refractivity contribution in [2.75, 3.05) is 6.54 Å². The third kappa shape index (κ3) is 15.7. The Bertz CT molecular complexity index is 152. The summed E-state index contributed by atoms with van der Waals surface area (Å²) in [5, 5.41) is 0. The average Bonchev–Trinajstić information content (AvgIpc) is 2.35. The summed E-state index contributed by atoms with van der Waals surface area (Å²) >= 11 is 0. The molecule has 0 rings (SSSR count). The summed E-state index contributed by atoms with van der Waals surface area (Å²) in [6.45, 7) is 3.13. The Hall–Kier alpha value is -0.300. The maximum atomic E-state index is 5.45. The van der Waals surface area contributed by atoms with E-state index in [1.54, 1.807) is 0 Å². The molecule has 0 atom stereocenters. The lowest BCUT2D eigenvalue weighted by Gasteiger charge is -1.99. The van der Waals surface area contributed by atoms with E-state index < -0.39 is 0 Å². The van der Waals surface area contributed by atoms with Crippen molar-refractivity contribution in [1.29, 1.82) is 0 Å². The molecule has 0 unspecified atom stereocenters. The third-order valence-corrected chi connectivity index (χ3v) is 3.22. The van der Waals surface area contributed by atoms with Crippen LogP contribution in [0.4, 0.5) is 0 Å². The van der Waals surface area contributed by atoms with Crippen molar-refractivity contribution >= 4 is 0 Å². The molecule has 2 N–H and O–H groups in total. The van der Waals surface area contributed by atoms with E-state index in [-0.39, 0.29) is 0 Å². The highest BCUT2D eigenvalue weighted by atomic mass is 14.5. The standard InChI is InChI=1S/C16H33N/c1-2-3-4-5-6-7-8-9-10-11-12-13-14-15-16-17/h10-11H,2-9,12-17H2,1H3/b11-10+. The second-order valence-electron chi connectivity index (χ2n) is 5.02. The Balaban J connectivity index is 2.99. The molecule has 0 fully saturated rings. The van der Waals surface area contributed by atoms with Gasteiger partial charge in [0.25, 0.3) is 0 Å². The van der Waals surface area contributed by atoms with E-state index >= 15 is 0 Å². The Morgan fingerprint density at radius 2 is 1.12 bits per heavy atom. The van der Waals surface area contributed by atoms with Gasteiger partial charge in [0.15, 0.2) is 0 Å². The van der Waals surface area contributed by atoms with Crippen LogP contribution in [0, 0.1) is 0 Å². The van der Waals surface area contributed by atoms with Gasteiger partial charge in [0.2, 0.25) is 0 Å². The first-order chi connectivity index (χ1) is 8.41. The quantitative estimate of drug-likeness (QED) is 0.347. The first-order valence-corrected chi connectivity index (χ1v) is 7.77. The Labute approximate surface area is 109 Å². The van der Waals surface area contributed by atoms with Crippen LogP contribution >= 0.6 is 0 Å². The Morgan fingerprint density at radius 1 is 0.647 bits per heavy atom. The van der Waals surface area contributed by atoms with Gasteiger partial charge in [-0.25, -0.2) is 0 Å². The zero-order chi connectivity index (χ0) is 12.6. The van der Waals surface area contributed by atoms with Gasteiger partial charge in [-0.3, -0.25) is 0 Å². The van der Waals surface area contributed by atoms with E-state index in [2.05, 4.69) is 19.1 Å². The van der Waals surface area contributed by atoms with E-state index in [1.807, 2.05) is 0 Å². The van der Waals surface area contributed by atoms with E-state index in [0.29, 0.717) is 0 Å². The average molecular weight is 239 g/mol. The lowest BCUT2D eigenvalue weighted by atomic mass is 10.1. The summed E-state index contributed by atoms with van der Waals surface area (Å²) in [5.74, 6) is 0. The summed E-state index contributed by atoms with van der Waals surface area (Å²) in [6, 6.07) is 0. The molecule has 0 saturated carbocycles. The number of rotatable bonds is 13. The molecule has 0 aliphatic rings. The zero-order valence-electron chi connectivity index (χ0n) is 11.9. The summed E-state index contributed by atoms with van der Waals surface area (Å²) in [4.78, 5) is 0. The largest absolute Gasteiger partial charge is 0.330 e. The van der Waals surface area contributed by atoms with Gasteiger partial charge in [-0.1, -0.05) is 64.0 Å². The molecule has 0 amide bonds. The van der Waals surface area contributed by atoms with Crippen LogP contribution in [0.3, 0.4) is 0 Å². The SMILES string of the molecule is CCCCCCCCC/C=C/CCCCCN. The molecule has 17 heavy (non-hydrogen) atoms. The highest BCUT2D eigenvalue weighted by Gasteiger charge is 1.89. The second-order valence-corrected chi connectivity index (χ2v) is 5.02. The monoisotopic (exact) mass is 239 g/mol. The predicted octanol–water partition coefficient (Wildman–Crippen LogP) is 5.20. The molecule has 0 heterocycles. The molecule has 0 aliphatic heterocycles. The van der Waals surface area contributed by atoms with Crippen LogP contribution < -0.4 is 5.73 Å². The molecule has 1 heteroatoms. The topological polar surface area (TPSA) is 26.0 Å².